The van der Waals surface area contributed by atoms with E-state index in [1.807, 2.05) is 47.3 Å². The summed E-state index contributed by atoms with van der Waals surface area (Å²) in [4.78, 5) is 0. The number of alkyl halides is 3. The van der Waals surface area contributed by atoms with Gasteiger partial charge in [0.25, 0.3) is 0 Å². The summed E-state index contributed by atoms with van der Waals surface area (Å²) in [6.07, 6.45) is 3.41. The van der Waals surface area contributed by atoms with Crippen molar-refractivity contribution < 1.29 is 17.6 Å². The van der Waals surface area contributed by atoms with Gasteiger partial charge < -0.3 is 0 Å². The molecular formula is C31H26F4N4S. The second-order valence-corrected chi connectivity index (χ2v) is 12.2. The Balaban J connectivity index is 1.27. The monoisotopic (exact) mass is 562 g/mol. The summed E-state index contributed by atoms with van der Waals surface area (Å²) in [5.41, 5.74) is 5.51. The lowest BCUT2D eigenvalue weighted by Crippen LogP contribution is -2.44. The van der Waals surface area contributed by atoms with Crippen LogP contribution in [0.25, 0.3) is 22.3 Å². The zero-order valence-electron chi connectivity index (χ0n) is 21.7. The Hall–Kier alpha value is -3.59. The van der Waals surface area contributed by atoms with Gasteiger partial charge in [0, 0.05) is 16.9 Å². The highest BCUT2D eigenvalue weighted by Crippen LogP contribution is 2.61. The molecule has 0 spiro atoms. The van der Waals surface area contributed by atoms with Crippen LogP contribution in [0.2, 0.25) is 0 Å². The fourth-order valence-corrected chi connectivity index (χ4v) is 8.06. The number of rotatable bonds is 3. The zero-order chi connectivity index (χ0) is 27.6. The van der Waals surface area contributed by atoms with E-state index in [-0.39, 0.29) is 18.2 Å². The number of hydrogen-bond donors (Lipinski definition) is 0. The van der Waals surface area contributed by atoms with E-state index in [9.17, 15) is 17.6 Å². The molecule has 1 saturated carbocycles. The van der Waals surface area contributed by atoms with Gasteiger partial charge in [0.15, 0.2) is 0 Å². The molecule has 2 heterocycles. The average molecular weight is 563 g/mol. The minimum Gasteiger partial charge on any atom is -0.233 e. The first-order valence-corrected chi connectivity index (χ1v) is 14.2. The smallest absolute Gasteiger partial charge is 0.233 e. The molecule has 0 amide bonds. The summed E-state index contributed by atoms with van der Waals surface area (Å²) in [6.45, 7) is 2.16. The first-order valence-electron chi connectivity index (χ1n) is 13.4. The quantitative estimate of drug-likeness (QED) is 0.187. The van der Waals surface area contributed by atoms with Crippen molar-refractivity contribution >= 4 is 17.4 Å². The second kappa shape index (κ2) is 9.23. The molecule has 0 aliphatic heterocycles. The standard InChI is InChI=1S/C31H26F4N4S/c1-30-16-19-17-36-39(22-10-8-21(32)9-11-22)26(19)15-20(30)7-12-23-24(30)13-14-25(31(33,34)35)27(23)29-38-37-28(40-29)18-5-3-2-4-6-18/h2-6,8-11,13,15,17,23,25,27H,7,12,14,16H2,1H3/t23-,25+,27+,30-/m0/s1. The number of benzene rings is 2. The number of halogens is 4. The molecule has 4 atom stereocenters. The predicted octanol–water partition coefficient (Wildman–Crippen LogP) is 8.18. The second-order valence-electron chi connectivity index (χ2n) is 11.1. The third-order valence-corrected chi connectivity index (χ3v) is 9.98. The SMILES string of the molecule is C[C@]12Cc3cnn(-c4ccc(F)cc4)c3C=C1CC[C@H]1C2=CC[C@@H](C(F)(F)F)[C@@H]1c1nnc(-c2ccccc2)s1. The molecule has 3 aliphatic carbocycles. The lowest BCUT2D eigenvalue weighted by molar-refractivity contribution is -0.185. The summed E-state index contributed by atoms with van der Waals surface area (Å²) in [7, 11) is 0. The van der Waals surface area contributed by atoms with E-state index in [0.717, 1.165) is 28.1 Å². The summed E-state index contributed by atoms with van der Waals surface area (Å²) in [5.74, 6) is -2.84. The van der Waals surface area contributed by atoms with E-state index in [2.05, 4.69) is 28.3 Å². The highest BCUT2D eigenvalue weighted by atomic mass is 32.1. The molecule has 4 aromatic rings. The van der Waals surface area contributed by atoms with Crippen molar-refractivity contribution in [1.29, 1.82) is 0 Å². The third kappa shape index (κ3) is 4.05. The molecule has 0 unspecified atom stereocenters. The molecule has 4 nitrogen and oxygen atoms in total. The van der Waals surface area contributed by atoms with Gasteiger partial charge in [-0.15, -0.1) is 10.2 Å². The molecule has 1 fully saturated rings. The van der Waals surface area contributed by atoms with Gasteiger partial charge in [0.05, 0.1) is 23.5 Å². The maximum atomic E-state index is 14.5. The average Bonchev–Trinajstić information content (AvgIpc) is 3.59. The van der Waals surface area contributed by atoms with Crippen LogP contribution < -0.4 is 0 Å². The Morgan fingerprint density at radius 2 is 1.80 bits per heavy atom. The maximum Gasteiger partial charge on any atom is 0.392 e. The summed E-state index contributed by atoms with van der Waals surface area (Å²) >= 11 is 1.28. The molecule has 7 rings (SSSR count). The van der Waals surface area contributed by atoms with Gasteiger partial charge in [0.1, 0.15) is 15.8 Å². The molecule has 9 heteroatoms. The van der Waals surface area contributed by atoms with Crippen molar-refractivity contribution in [1.82, 2.24) is 20.0 Å². The van der Waals surface area contributed by atoms with Crippen molar-refractivity contribution in [3.05, 3.63) is 100 Å². The first-order chi connectivity index (χ1) is 19.2. The van der Waals surface area contributed by atoms with Gasteiger partial charge in [-0.1, -0.05) is 65.8 Å². The lowest BCUT2D eigenvalue weighted by atomic mass is 9.54. The lowest BCUT2D eigenvalue weighted by Gasteiger charge is -2.50. The Morgan fingerprint density at radius 1 is 1.02 bits per heavy atom. The van der Waals surface area contributed by atoms with Crippen LogP contribution in [0.1, 0.15) is 48.4 Å². The van der Waals surface area contributed by atoms with Crippen LogP contribution in [0.5, 0.6) is 0 Å². The van der Waals surface area contributed by atoms with Crippen molar-refractivity contribution in [2.24, 2.45) is 17.3 Å². The number of hydrogen-bond acceptors (Lipinski definition) is 4. The van der Waals surface area contributed by atoms with Gasteiger partial charge >= 0.3 is 6.18 Å². The van der Waals surface area contributed by atoms with Gasteiger partial charge in [-0.2, -0.15) is 18.3 Å². The van der Waals surface area contributed by atoms with Crippen molar-refractivity contribution in [2.45, 2.75) is 44.7 Å². The van der Waals surface area contributed by atoms with Crippen LogP contribution >= 0.6 is 11.3 Å². The summed E-state index contributed by atoms with van der Waals surface area (Å²) in [5, 5.41) is 14.4. The van der Waals surface area contributed by atoms with Crippen LogP contribution in [0.4, 0.5) is 17.6 Å². The van der Waals surface area contributed by atoms with Crippen LogP contribution in [-0.2, 0) is 6.42 Å². The van der Waals surface area contributed by atoms with Crippen LogP contribution in [0, 0.1) is 23.1 Å². The number of nitrogens with zero attached hydrogens (tertiary/aromatic N) is 4. The Kier molecular flexibility index (Phi) is 5.85. The Bertz CT molecular complexity index is 1630. The van der Waals surface area contributed by atoms with Gasteiger partial charge in [-0.05, 0) is 67.5 Å². The fraction of sp³-hybridized carbons (Fsp3) is 0.323. The molecule has 3 aliphatic rings. The van der Waals surface area contributed by atoms with Gasteiger partial charge in [-0.3, -0.25) is 0 Å². The molecule has 204 valence electrons. The zero-order valence-corrected chi connectivity index (χ0v) is 22.5. The largest absolute Gasteiger partial charge is 0.392 e. The fourth-order valence-electron chi connectivity index (χ4n) is 6.98. The highest BCUT2D eigenvalue weighted by Gasteiger charge is 2.55. The van der Waals surface area contributed by atoms with E-state index >= 15 is 0 Å². The number of fused-ring (bicyclic) bond motifs is 4. The highest BCUT2D eigenvalue weighted by molar-refractivity contribution is 7.14. The number of aromatic nitrogens is 4. The van der Waals surface area contributed by atoms with E-state index in [1.54, 1.807) is 12.1 Å². The minimum absolute atomic E-state index is 0.0647. The predicted molar refractivity (Wildman–Crippen MR) is 146 cm³/mol. The van der Waals surface area contributed by atoms with Gasteiger partial charge in [0.2, 0.25) is 0 Å². The van der Waals surface area contributed by atoms with E-state index in [4.69, 9.17) is 0 Å². The van der Waals surface area contributed by atoms with E-state index in [0.29, 0.717) is 29.3 Å². The molecule has 2 aromatic heterocycles. The van der Waals surface area contributed by atoms with Crippen molar-refractivity contribution in [3.8, 4) is 16.3 Å². The maximum absolute atomic E-state index is 14.5. The van der Waals surface area contributed by atoms with Crippen molar-refractivity contribution in [3.63, 3.8) is 0 Å². The molecule has 2 aromatic carbocycles. The van der Waals surface area contributed by atoms with E-state index in [1.165, 1.54) is 29.0 Å². The summed E-state index contributed by atoms with van der Waals surface area (Å²) in [6, 6.07) is 15.7. The molecule has 0 saturated heterocycles. The minimum atomic E-state index is -4.33. The molecule has 40 heavy (non-hydrogen) atoms. The first kappa shape index (κ1) is 25.4. The number of allylic oxidation sites excluding steroid dienone is 3. The van der Waals surface area contributed by atoms with Crippen LogP contribution in [0.15, 0.2) is 78.0 Å². The molecule has 0 bridgehead atoms. The molecule has 0 radical (unpaired) electrons. The summed E-state index contributed by atoms with van der Waals surface area (Å²) < 4.78 is 58.7. The van der Waals surface area contributed by atoms with E-state index < -0.39 is 23.4 Å². The Labute approximate surface area is 233 Å². The normalized spacial score (nSPS) is 25.9. The van der Waals surface area contributed by atoms with Crippen LogP contribution in [0.3, 0.4) is 0 Å². The third-order valence-electron chi connectivity index (χ3n) is 8.91. The van der Waals surface area contributed by atoms with Crippen molar-refractivity contribution in [2.75, 3.05) is 0 Å². The molecular weight excluding hydrogens is 536 g/mol. The van der Waals surface area contributed by atoms with Crippen LogP contribution in [-0.4, -0.2) is 26.2 Å². The molecule has 0 N–H and O–H groups in total. The van der Waals surface area contributed by atoms with Gasteiger partial charge in [-0.25, -0.2) is 9.07 Å². The Morgan fingerprint density at radius 3 is 2.55 bits per heavy atom. The topological polar surface area (TPSA) is 43.6 Å².